The molecule has 0 radical (unpaired) electrons. The maximum atomic E-state index is 10.00. The minimum atomic E-state index is 0.0963. The molecule has 0 spiro atoms. The van der Waals surface area contributed by atoms with Gasteiger partial charge in [-0.05, 0) is 0 Å². The molecule has 0 fully saturated rings. The fraction of sp³-hybridized carbons (Fsp3) is 0. The molecule has 0 unspecified atom stereocenters. The first-order chi connectivity index (χ1) is 4.86. The van der Waals surface area contributed by atoms with Gasteiger partial charge in [0.15, 0.2) is 12.1 Å². The Bertz CT molecular complexity index is 272. The molecule has 1 heterocycles. The van der Waals surface area contributed by atoms with Gasteiger partial charge in [0.05, 0.1) is 5.56 Å². The smallest absolute Gasteiger partial charge is 0.192 e. The lowest BCUT2D eigenvalue weighted by Gasteiger charge is -1.85. The summed E-state index contributed by atoms with van der Waals surface area (Å²) in [6.07, 6.45) is 3.13. The highest BCUT2D eigenvalue weighted by atomic mass is 16.1. The summed E-state index contributed by atoms with van der Waals surface area (Å²) in [5, 5.41) is 8.28. The van der Waals surface area contributed by atoms with Gasteiger partial charge < -0.3 is 0 Å². The molecular formula is C6H3N3O. The molecule has 1 aromatic rings. The van der Waals surface area contributed by atoms with E-state index in [1.54, 1.807) is 0 Å². The molecule has 0 N–H and O–H groups in total. The van der Waals surface area contributed by atoms with Crippen LogP contribution in [0.4, 0.5) is 0 Å². The van der Waals surface area contributed by atoms with Gasteiger partial charge in [-0.15, -0.1) is 0 Å². The summed E-state index contributed by atoms with van der Waals surface area (Å²) in [4.78, 5) is 17.1. The molecule has 4 nitrogen and oxygen atoms in total. The van der Waals surface area contributed by atoms with Crippen LogP contribution in [0.1, 0.15) is 16.2 Å². The Morgan fingerprint density at radius 3 is 2.50 bits per heavy atom. The Labute approximate surface area is 57.2 Å². The van der Waals surface area contributed by atoms with Crippen LogP contribution < -0.4 is 0 Å². The third kappa shape index (κ3) is 1.14. The molecule has 0 atom stereocenters. The molecule has 4 heteroatoms. The van der Waals surface area contributed by atoms with Gasteiger partial charge in [0, 0.05) is 12.4 Å². The van der Waals surface area contributed by atoms with Gasteiger partial charge in [0.2, 0.25) is 0 Å². The number of carbonyl (C=O) groups excluding carboxylic acids is 1. The van der Waals surface area contributed by atoms with E-state index < -0.39 is 0 Å². The average Bonchev–Trinajstić information content (AvgIpc) is 2.05. The van der Waals surface area contributed by atoms with Gasteiger partial charge in [0.1, 0.15) is 6.07 Å². The maximum absolute atomic E-state index is 10.00. The zero-order chi connectivity index (χ0) is 7.40. The summed E-state index contributed by atoms with van der Waals surface area (Å²) in [6.45, 7) is 0. The molecule has 0 bridgehead atoms. The van der Waals surface area contributed by atoms with E-state index in [0.29, 0.717) is 11.8 Å². The standard InChI is InChI=1S/C6H3N3O/c7-1-5-2-8-6(4-10)9-3-5/h2-4H. The number of nitriles is 1. The Kier molecular flexibility index (Phi) is 1.71. The summed E-state index contributed by atoms with van der Waals surface area (Å²) in [6, 6.07) is 1.84. The van der Waals surface area contributed by atoms with Gasteiger partial charge >= 0.3 is 0 Å². The number of nitrogens with zero attached hydrogens (tertiary/aromatic N) is 3. The summed E-state index contributed by atoms with van der Waals surface area (Å²) in [5.41, 5.74) is 0.352. The lowest BCUT2D eigenvalue weighted by atomic mass is 10.4. The second kappa shape index (κ2) is 2.69. The van der Waals surface area contributed by atoms with Gasteiger partial charge in [-0.1, -0.05) is 0 Å². The Morgan fingerprint density at radius 1 is 1.50 bits per heavy atom. The molecule has 0 aliphatic carbocycles. The van der Waals surface area contributed by atoms with Crippen molar-refractivity contribution in [2.75, 3.05) is 0 Å². The number of hydrogen-bond donors (Lipinski definition) is 0. The van der Waals surface area contributed by atoms with E-state index >= 15 is 0 Å². The van der Waals surface area contributed by atoms with Crippen molar-refractivity contribution in [1.29, 1.82) is 5.26 Å². The van der Waals surface area contributed by atoms with Crippen molar-refractivity contribution in [2.24, 2.45) is 0 Å². The van der Waals surface area contributed by atoms with E-state index in [2.05, 4.69) is 9.97 Å². The zero-order valence-electron chi connectivity index (χ0n) is 4.98. The van der Waals surface area contributed by atoms with Crippen LogP contribution in [0, 0.1) is 11.3 Å². The van der Waals surface area contributed by atoms with Crippen LogP contribution in [-0.4, -0.2) is 16.3 Å². The van der Waals surface area contributed by atoms with Crippen molar-refractivity contribution in [3.63, 3.8) is 0 Å². The largest absolute Gasteiger partial charge is 0.294 e. The van der Waals surface area contributed by atoms with E-state index in [-0.39, 0.29) is 5.82 Å². The second-order valence-electron chi connectivity index (χ2n) is 1.56. The first-order valence-corrected chi connectivity index (χ1v) is 2.54. The molecule has 0 aliphatic heterocycles. The van der Waals surface area contributed by atoms with Gasteiger partial charge in [-0.25, -0.2) is 9.97 Å². The van der Waals surface area contributed by atoms with Crippen LogP contribution in [-0.2, 0) is 0 Å². The minimum absolute atomic E-state index is 0.0963. The first kappa shape index (κ1) is 6.36. The molecule has 1 rings (SSSR count). The van der Waals surface area contributed by atoms with Crippen LogP contribution in [0.15, 0.2) is 12.4 Å². The number of hydrogen-bond acceptors (Lipinski definition) is 4. The molecule has 1 aromatic heterocycles. The number of aldehydes is 1. The Morgan fingerprint density at radius 2 is 2.10 bits per heavy atom. The predicted molar refractivity (Wildman–Crippen MR) is 32.1 cm³/mol. The first-order valence-electron chi connectivity index (χ1n) is 2.54. The van der Waals surface area contributed by atoms with Crippen LogP contribution >= 0.6 is 0 Å². The van der Waals surface area contributed by atoms with Crippen molar-refractivity contribution in [1.82, 2.24) is 9.97 Å². The van der Waals surface area contributed by atoms with E-state index in [9.17, 15) is 4.79 Å². The van der Waals surface area contributed by atoms with Gasteiger partial charge in [-0.2, -0.15) is 5.26 Å². The minimum Gasteiger partial charge on any atom is -0.294 e. The molecule has 0 saturated heterocycles. The van der Waals surface area contributed by atoms with Crippen molar-refractivity contribution < 1.29 is 4.79 Å². The summed E-state index contributed by atoms with van der Waals surface area (Å²) in [7, 11) is 0. The third-order valence-electron chi connectivity index (χ3n) is 0.906. The van der Waals surface area contributed by atoms with Crippen LogP contribution in [0.5, 0.6) is 0 Å². The monoisotopic (exact) mass is 133 g/mol. The Balaban J connectivity index is 3.04. The molecule has 0 saturated carbocycles. The van der Waals surface area contributed by atoms with Crippen molar-refractivity contribution >= 4 is 6.29 Å². The highest BCUT2D eigenvalue weighted by molar-refractivity contribution is 5.68. The van der Waals surface area contributed by atoms with Crippen LogP contribution in [0.3, 0.4) is 0 Å². The Hall–Kier alpha value is -1.76. The molecule has 0 aromatic carbocycles. The predicted octanol–water partition coefficient (Wildman–Crippen LogP) is 0.161. The lowest BCUT2D eigenvalue weighted by Crippen LogP contribution is -1.91. The highest BCUT2D eigenvalue weighted by Crippen LogP contribution is 1.90. The molecule has 0 aliphatic rings. The van der Waals surface area contributed by atoms with Crippen molar-refractivity contribution in [2.45, 2.75) is 0 Å². The summed E-state index contributed by atoms with van der Waals surface area (Å²) >= 11 is 0. The topological polar surface area (TPSA) is 66.6 Å². The van der Waals surface area contributed by atoms with E-state index in [1.165, 1.54) is 12.4 Å². The molecule has 0 amide bonds. The fourth-order valence-corrected chi connectivity index (χ4v) is 0.457. The molecular weight excluding hydrogens is 130 g/mol. The number of carbonyl (C=O) groups is 1. The quantitative estimate of drug-likeness (QED) is 0.512. The SMILES string of the molecule is N#Cc1cnc(C=O)nc1. The number of aromatic nitrogens is 2. The fourth-order valence-electron chi connectivity index (χ4n) is 0.457. The van der Waals surface area contributed by atoms with E-state index in [4.69, 9.17) is 5.26 Å². The van der Waals surface area contributed by atoms with Crippen molar-refractivity contribution in [3.05, 3.63) is 23.8 Å². The van der Waals surface area contributed by atoms with E-state index in [1.807, 2.05) is 6.07 Å². The number of rotatable bonds is 1. The maximum Gasteiger partial charge on any atom is 0.192 e. The van der Waals surface area contributed by atoms with Crippen molar-refractivity contribution in [3.8, 4) is 6.07 Å². The average molecular weight is 133 g/mol. The third-order valence-corrected chi connectivity index (χ3v) is 0.906. The van der Waals surface area contributed by atoms with Crippen LogP contribution in [0.25, 0.3) is 0 Å². The second-order valence-corrected chi connectivity index (χ2v) is 1.56. The summed E-state index contributed by atoms with van der Waals surface area (Å²) < 4.78 is 0. The summed E-state index contributed by atoms with van der Waals surface area (Å²) in [5.74, 6) is 0.0963. The van der Waals surface area contributed by atoms with Crippen LogP contribution in [0.2, 0.25) is 0 Å². The van der Waals surface area contributed by atoms with Gasteiger partial charge in [0.25, 0.3) is 0 Å². The normalized spacial score (nSPS) is 8.30. The van der Waals surface area contributed by atoms with Gasteiger partial charge in [-0.3, -0.25) is 4.79 Å². The molecule has 10 heavy (non-hydrogen) atoms. The van der Waals surface area contributed by atoms with E-state index in [0.717, 1.165) is 0 Å². The highest BCUT2D eigenvalue weighted by Gasteiger charge is 1.92. The lowest BCUT2D eigenvalue weighted by molar-refractivity contribution is 0.111. The molecule has 48 valence electrons. The zero-order valence-corrected chi connectivity index (χ0v) is 4.98.